The van der Waals surface area contributed by atoms with E-state index in [1.165, 1.54) is 5.56 Å². The van der Waals surface area contributed by atoms with E-state index >= 15 is 0 Å². The third-order valence-electron chi connectivity index (χ3n) is 3.47. The molecule has 1 heterocycles. The molecule has 0 radical (unpaired) electrons. The van der Waals surface area contributed by atoms with Crippen molar-refractivity contribution in [2.24, 2.45) is 0 Å². The largest absolute Gasteiger partial charge is 0.508 e. The van der Waals surface area contributed by atoms with E-state index in [0.29, 0.717) is 5.92 Å². The average molecular weight is 310 g/mol. The van der Waals surface area contributed by atoms with Crippen molar-refractivity contribution in [2.75, 3.05) is 5.32 Å². The van der Waals surface area contributed by atoms with Crippen molar-refractivity contribution >= 4 is 22.2 Å². The molecule has 2 N–H and O–H groups in total. The number of anilines is 2. The maximum Gasteiger partial charge on any atom is 0.187 e. The molecule has 0 fully saturated rings. The van der Waals surface area contributed by atoms with E-state index in [0.717, 1.165) is 22.1 Å². The van der Waals surface area contributed by atoms with E-state index < -0.39 is 0 Å². The first-order valence-electron chi connectivity index (χ1n) is 7.24. The highest BCUT2D eigenvalue weighted by Crippen LogP contribution is 2.29. The van der Waals surface area contributed by atoms with Gasteiger partial charge in [-0.3, -0.25) is 0 Å². The molecule has 112 valence electrons. The molecule has 0 saturated carbocycles. The summed E-state index contributed by atoms with van der Waals surface area (Å²) >= 11 is 1.55. The standard InChI is InChI=1S/C18H18N2OS/c1-12(2)13-6-8-14(9-7-13)17-11-22-18(20-17)19-15-4-3-5-16(21)10-15/h3-12,21H,1-2H3,(H,19,20). The van der Waals surface area contributed by atoms with E-state index in [1.54, 1.807) is 29.5 Å². The number of nitrogens with one attached hydrogen (secondary N) is 1. The molecule has 0 spiro atoms. The molecule has 0 aliphatic rings. The number of hydrogen-bond donors (Lipinski definition) is 2. The van der Waals surface area contributed by atoms with Gasteiger partial charge in [-0.2, -0.15) is 0 Å². The molecular formula is C18H18N2OS. The van der Waals surface area contributed by atoms with Gasteiger partial charge in [-0.25, -0.2) is 4.98 Å². The van der Waals surface area contributed by atoms with Crippen molar-refractivity contribution in [3.05, 3.63) is 59.5 Å². The molecular weight excluding hydrogens is 292 g/mol. The molecule has 22 heavy (non-hydrogen) atoms. The number of aromatic nitrogens is 1. The maximum atomic E-state index is 9.49. The van der Waals surface area contributed by atoms with E-state index in [4.69, 9.17) is 0 Å². The molecule has 4 heteroatoms. The number of phenolic OH excluding ortho intramolecular Hbond substituents is 1. The van der Waals surface area contributed by atoms with E-state index in [-0.39, 0.29) is 5.75 Å². The SMILES string of the molecule is CC(C)c1ccc(-c2csc(Nc3cccc(O)c3)n2)cc1. The van der Waals surface area contributed by atoms with Crippen LogP contribution in [-0.4, -0.2) is 10.1 Å². The highest BCUT2D eigenvalue weighted by Gasteiger charge is 2.06. The van der Waals surface area contributed by atoms with Gasteiger partial charge in [0.2, 0.25) is 0 Å². The fourth-order valence-electron chi connectivity index (χ4n) is 2.21. The molecule has 0 atom stereocenters. The monoisotopic (exact) mass is 310 g/mol. The number of nitrogens with zero attached hydrogens (tertiary/aromatic N) is 1. The Morgan fingerprint density at radius 1 is 1.09 bits per heavy atom. The van der Waals surface area contributed by atoms with E-state index in [1.807, 2.05) is 11.4 Å². The second kappa shape index (κ2) is 6.20. The minimum atomic E-state index is 0.242. The molecule has 3 aromatic rings. The summed E-state index contributed by atoms with van der Waals surface area (Å²) in [7, 11) is 0. The van der Waals surface area contributed by atoms with Crippen LogP contribution >= 0.6 is 11.3 Å². The van der Waals surface area contributed by atoms with Crippen molar-refractivity contribution in [2.45, 2.75) is 19.8 Å². The summed E-state index contributed by atoms with van der Waals surface area (Å²) in [5.74, 6) is 0.776. The summed E-state index contributed by atoms with van der Waals surface area (Å²) in [5, 5.41) is 15.6. The average Bonchev–Trinajstić information content (AvgIpc) is 2.96. The van der Waals surface area contributed by atoms with Crippen LogP contribution in [0.1, 0.15) is 25.3 Å². The fraction of sp³-hybridized carbons (Fsp3) is 0.167. The number of rotatable bonds is 4. The number of aromatic hydroxyl groups is 1. The Labute approximate surface area is 134 Å². The Morgan fingerprint density at radius 3 is 2.55 bits per heavy atom. The first kappa shape index (κ1) is 14.6. The molecule has 0 bridgehead atoms. The fourth-order valence-corrected chi connectivity index (χ4v) is 2.95. The van der Waals surface area contributed by atoms with Crippen LogP contribution < -0.4 is 5.32 Å². The normalized spacial score (nSPS) is 10.9. The molecule has 2 aromatic carbocycles. The molecule has 1 aromatic heterocycles. The van der Waals surface area contributed by atoms with Gasteiger partial charge in [-0.05, 0) is 23.6 Å². The quantitative estimate of drug-likeness (QED) is 0.679. The van der Waals surface area contributed by atoms with Gasteiger partial charge in [0, 0.05) is 22.7 Å². The maximum absolute atomic E-state index is 9.49. The number of benzene rings is 2. The van der Waals surface area contributed by atoms with Gasteiger partial charge in [-0.1, -0.05) is 44.2 Å². The van der Waals surface area contributed by atoms with Crippen molar-refractivity contribution < 1.29 is 5.11 Å². The lowest BCUT2D eigenvalue weighted by atomic mass is 10.0. The van der Waals surface area contributed by atoms with Crippen LogP contribution in [0.3, 0.4) is 0 Å². The van der Waals surface area contributed by atoms with Gasteiger partial charge in [0.15, 0.2) is 5.13 Å². The number of phenols is 1. The van der Waals surface area contributed by atoms with Gasteiger partial charge >= 0.3 is 0 Å². The zero-order valence-electron chi connectivity index (χ0n) is 12.6. The summed E-state index contributed by atoms with van der Waals surface area (Å²) in [6.07, 6.45) is 0. The third-order valence-corrected chi connectivity index (χ3v) is 4.23. The minimum absolute atomic E-state index is 0.242. The lowest BCUT2D eigenvalue weighted by Crippen LogP contribution is -1.89. The minimum Gasteiger partial charge on any atom is -0.508 e. The Hall–Kier alpha value is -2.33. The molecule has 0 unspecified atom stereocenters. The Balaban J connectivity index is 1.78. The molecule has 3 nitrogen and oxygen atoms in total. The lowest BCUT2D eigenvalue weighted by Gasteiger charge is -2.05. The predicted octanol–water partition coefficient (Wildman–Crippen LogP) is 5.38. The zero-order valence-corrected chi connectivity index (χ0v) is 13.4. The van der Waals surface area contributed by atoms with Crippen LogP contribution in [0.25, 0.3) is 11.3 Å². The van der Waals surface area contributed by atoms with Crippen molar-refractivity contribution in [1.29, 1.82) is 0 Å². The zero-order chi connectivity index (χ0) is 15.5. The lowest BCUT2D eigenvalue weighted by molar-refractivity contribution is 0.475. The van der Waals surface area contributed by atoms with E-state index in [2.05, 4.69) is 48.4 Å². The van der Waals surface area contributed by atoms with Gasteiger partial charge < -0.3 is 10.4 Å². The number of thiazole rings is 1. The second-order valence-corrected chi connectivity index (χ2v) is 6.35. The van der Waals surface area contributed by atoms with Crippen LogP contribution in [0.5, 0.6) is 5.75 Å². The molecule has 3 rings (SSSR count). The van der Waals surface area contributed by atoms with Gasteiger partial charge in [0.05, 0.1) is 5.69 Å². The summed E-state index contributed by atoms with van der Waals surface area (Å²) < 4.78 is 0. The Kier molecular flexibility index (Phi) is 4.11. The topological polar surface area (TPSA) is 45.1 Å². The molecule has 0 amide bonds. The highest BCUT2D eigenvalue weighted by atomic mass is 32.1. The van der Waals surface area contributed by atoms with Crippen LogP contribution in [-0.2, 0) is 0 Å². The van der Waals surface area contributed by atoms with Crippen LogP contribution in [0, 0.1) is 0 Å². The summed E-state index contributed by atoms with van der Waals surface area (Å²) in [6.45, 7) is 4.38. The summed E-state index contributed by atoms with van der Waals surface area (Å²) in [4.78, 5) is 4.61. The van der Waals surface area contributed by atoms with E-state index in [9.17, 15) is 5.11 Å². The smallest absolute Gasteiger partial charge is 0.187 e. The first-order valence-corrected chi connectivity index (χ1v) is 8.12. The van der Waals surface area contributed by atoms with Gasteiger partial charge in [0.1, 0.15) is 5.75 Å². The summed E-state index contributed by atoms with van der Waals surface area (Å²) in [6, 6.07) is 15.6. The third kappa shape index (κ3) is 3.28. The van der Waals surface area contributed by atoms with Gasteiger partial charge in [0.25, 0.3) is 0 Å². The number of hydrogen-bond acceptors (Lipinski definition) is 4. The molecule has 0 aliphatic carbocycles. The van der Waals surface area contributed by atoms with Crippen LogP contribution in [0.15, 0.2) is 53.9 Å². The summed E-state index contributed by atoms with van der Waals surface area (Å²) in [5.41, 5.74) is 4.24. The van der Waals surface area contributed by atoms with Crippen molar-refractivity contribution in [1.82, 2.24) is 4.98 Å². The van der Waals surface area contributed by atoms with Crippen molar-refractivity contribution in [3.63, 3.8) is 0 Å². The van der Waals surface area contributed by atoms with Crippen LogP contribution in [0.2, 0.25) is 0 Å². The van der Waals surface area contributed by atoms with Crippen LogP contribution in [0.4, 0.5) is 10.8 Å². The second-order valence-electron chi connectivity index (χ2n) is 5.49. The highest BCUT2D eigenvalue weighted by molar-refractivity contribution is 7.14. The Morgan fingerprint density at radius 2 is 1.86 bits per heavy atom. The van der Waals surface area contributed by atoms with Gasteiger partial charge in [-0.15, -0.1) is 11.3 Å². The molecule has 0 saturated heterocycles. The predicted molar refractivity (Wildman–Crippen MR) is 93.0 cm³/mol. The van der Waals surface area contributed by atoms with Crippen molar-refractivity contribution in [3.8, 4) is 17.0 Å². The molecule has 0 aliphatic heterocycles. The Bertz CT molecular complexity index is 763. The first-order chi connectivity index (χ1) is 10.6.